The van der Waals surface area contributed by atoms with Crippen molar-refractivity contribution in [3.05, 3.63) is 118 Å². The Morgan fingerprint density at radius 2 is 0.830 bits per heavy atom. The molecule has 0 bridgehead atoms. The van der Waals surface area contributed by atoms with Gasteiger partial charge in [-0.2, -0.15) is 0 Å². The highest BCUT2D eigenvalue weighted by Gasteiger charge is 2.39. The van der Waals surface area contributed by atoms with Crippen molar-refractivity contribution in [3.8, 4) is 0 Å². The third kappa shape index (κ3) is 11.5. The first kappa shape index (κ1) is 44.3. The third-order valence-corrected chi connectivity index (χ3v) is 12.8. The molecule has 0 fully saturated rings. The summed E-state index contributed by atoms with van der Waals surface area (Å²) >= 11 is 0. The lowest BCUT2D eigenvalue weighted by Gasteiger charge is -2.24. The summed E-state index contributed by atoms with van der Waals surface area (Å²) in [5.41, 5.74) is 4.23. The Labute approximate surface area is 320 Å². The Bertz CT molecular complexity index is 1690. The predicted molar refractivity (Wildman–Crippen MR) is 214 cm³/mol. The van der Waals surface area contributed by atoms with E-state index in [1.807, 2.05) is 133 Å². The largest absolute Gasteiger partial charge is 0.744 e. The van der Waals surface area contributed by atoms with Crippen LogP contribution in [0, 0.1) is 0 Å². The second kappa shape index (κ2) is 20.6. The van der Waals surface area contributed by atoms with E-state index in [4.69, 9.17) is 0 Å². The van der Waals surface area contributed by atoms with Gasteiger partial charge in [0, 0.05) is 16.7 Å². The minimum absolute atomic E-state index is 0.00919. The Hall–Kier alpha value is -3.07. The second-order valence-corrected chi connectivity index (χ2v) is 17.9. The van der Waals surface area contributed by atoms with Gasteiger partial charge in [0.05, 0.1) is 4.90 Å². The predicted octanol–water partition coefficient (Wildman–Crippen LogP) is 14.2. The molecule has 3 nitrogen and oxygen atoms in total. The van der Waals surface area contributed by atoms with Crippen molar-refractivity contribution in [2.45, 2.75) is 157 Å². The molecule has 3 atom stereocenters. The van der Waals surface area contributed by atoms with E-state index in [9.17, 15) is 13.0 Å². The van der Waals surface area contributed by atoms with Crippen molar-refractivity contribution in [1.29, 1.82) is 0 Å². The van der Waals surface area contributed by atoms with Crippen molar-refractivity contribution >= 4 is 21.0 Å². The zero-order valence-electron chi connectivity index (χ0n) is 33.0. The van der Waals surface area contributed by atoms with Gasteiger partial charge in [-0.1, -0.05) is 148 Å². The number of halogens is 3. The van der Waals surface area contributed by atoms with Gasteiger partial charge in [-0.05, 0) is 71.9 Å². The van der Waals surface area contributed by atoms with E-state index in [1.54, 1.807) is 0 Å². The lowest BCUT2D eigenvalue weighted by atomic mass is 9.89. The number of hydrogen-bond acceptors (Lipinski definition) is 3. The summed E-state index contributed by atoms with van der Waals surface area (Å²) in [6.07, 6.45) is 0.0628. The maximum atomic E-state index is 15.4. The second-order valence-electron chi connectivity index (χ2n) is 14.6. The highest BCUT2D eigenvalue weighted by molar-refractivity contribution is 7.97. The van der Waals surface area contributed by atoms with Crippen molar-refractivity contribution in [3.63, 3.8) is 0 Å². The van der Waals surface area contributed by atoms with Crippen molar-refractivity contribution < 1.29 is 26.1 Å². The Balaban J connectivity index is 0.000000337. The molecular weight excluding hydrogens is 710 g/mol. The van der Waals surface area contributed by atoms with Gasteiger partial charge in [0.1, 0.15) is 39.5 Å². The molecule has 0 aliphatic rings. The van der Waals surface area contributed by atoms with Crippen LogP contribution in [-0.2, 0) is 21.0 Å². The number of benzene rings is 4. The molecule has 4 aromatic carbocycles. The first-order valence-corrected chi connectivity index (χ1v) is 21.8. The summed E-state index contributed by atoms with van der Waals surface area (Å²) in [5.74, 6) is 0.322. The fourth-order valence-corrected chi connectivity index (χ4v) is 10.4. The van der Waals surface area contributed by atoms with Crippen molar-refractivity contribution in [1.82, 2.24) is 0 Å². The van der Waals surface area contributed by atoms with Crippen molar-refractivity contribution in [2.24, 2.45) is 0 Å². The van der Waals surface area contributed by atoms with Crippen LogP contribution < -0.4 is 0 Å². The van der Waals surface area contributed by atoms with Gasteiger partial charge in [0.25, 0.3) is 0 Å². The Morgan fingerprint density at radius 1 is 0.528 bits per heavy atom. The third-order valence-electron chi connectivity index (χ3n) is 9.38. The highest BCUT2D eigenvalue weighted by Crippen LogP contribution is 2.44. The molecule has 3 unspecified atom stereocenters. The number of rotatable bonds is 16. The normalized spacial score (nSPS) is 14.2. The van der Waals surface area contributed by atoms with E-state index in [-0.39, 0.29) is 16.7 Å². The van der Waals surface area contributed by atoms with Gasteiger partial charge in [-0.15, -0.1) is 0 Å². The molecule has 0 saturated heterocycles. The van der Waals surface area contributed by atoms with E-state index >= 15 is 13.2 Å². The molecule has 0 saturated carbocycles. The maximum Gasteiger partial charge on any atom is 0.172 e. The molecule has 4 rings (SSSR count). The summed E-state index contributed by atoms with van der Waals surface area (Å²) < 4.78 is 81.0. The van der Waals surface area contributed by atoms with Crippen LogP contribution >= 0.6 is 0 Å². The summed E-state index contributed by atoms with van der Waals surface area (Å²) in [4.78, 5) is 2.43. The zero-order valence-corrected chi connectivity index (χ0v) is 34.6. The zero-order chi connectivity index (χ0) is 39.5. The van der Waals surface area contributed by atoms with Crippen LogP contribution in [-0.4, -0.2) is 13.0 Å². The smallest absolute Gasteiger partial charge is 0.172 e. The minimum atomic E-state index is -4.45. The summed E-state index contributed by atoms with van der Waals surface area (Å²) in [7, 11) is -5.29. The van der Waals surface area contributed by atoms with Crippen LogP contribution in [0.1, 0.15) is 170 Å². The molecule has 0 heterocycles. The first-order chi connectivity index (χ1) is 25.1. The SMILES string of the molecule is CC(C)c1cc(C(C)C)c(S(=O)(=O)[O-])c(C(C)C)c1.CCCC(F)c1ccccc1[S+](c1ccccc1C(F)CCC)c1ccccc1C(F)CCC. The Morgan fingerprint density at radius 3 is 1.08 bits per heavy atom. The van der Waals surface area contributed by atoms with Gasteiger partial charge in [-0.25, -0.2) is 21.6 Å². The molecule has 0 aromatic heterocycles. The average molecular weight is 769 g/mol. The first-order valence-electron chi connectivity index (χ1n) is 19.2. The van der Waals surface area contributed by atoms with Gasteiger partial charge in [0.15, 0.2) is 14.7 Å². The molecule has 0 aliphatic heterocycles. The van der Waals surface area contributed by atoms with Gasteiger partial charge >= 0.3 is 0 Å². The minimum Gasteiger partial charge on any atom is -0.744 e. The summed E-state index contributed by atoms with van der Waals surface area (Å²) in [5, 5.41) is 0. The molecule has 53 heavy (non-hydrogen) atoms. The van der Waals surface area contributed by atoms with Crippen molar-refractivity contribution in [2.75, 3.05) is 0 Å². The summed E-state index contributed by atoms with van der Waals surface area (Å²) in [6, 6.07) is 26.3. The molecule has 0 amide bonds. The van der Waals surface area contributed by atoms with E-state index in [0.29, 0.717) is 53.0 Å². The quantitative estimate of drug-likeness (QED) is 0.0842. The lowest BCUT2D eigenvalue weighted by Crippen LogP contribution is -2.14. The maximum absolute atomic E-state index is 15.4. The standard InChI is InChI=1S/C30H36F3S.C15H24O3S/c1-4-13-25(31)22-16-7-10-19-28(22)34(29-20-11-8-17-23(29)26(32)14-5-2)30-21-12-9-18-24(30)27(33)15-6-3;1-9(2)12-7-13(10(3)4)15(19(16,17)18)14(8-12)11(5)6/h7-12,16-21,25-27H,4-6,13-15H2,1-3H3;7-11H,1-6H3,(H,16,17,18)/q+1;/p-1. The fourth-order valence-electron chi connectivity index (χ4n) is 6.54. The molecule has 290 valence electrons. The molecular formula is C45H59F3O3S2. The fraction of sp³-hybridized carbons (Fsp3) is 0.467. The molecule has 0 radical (unpaired) electrons. The van der Waals surface area contributed by atoms with Crippen LogP contribution in [0.15, 0.2) is 105 Å². The van der Waals surface area contributed by atoms with E-state index in [2.05, 4.69) is 13.8 Å². The van der Waals surface area contributed by atoms with Crippen LogP contribution in [0.4, 0.5) is 13.2 Å². The highest BCUT2D eigenvalue weighted by atomic mass is 32.2. The van der Waals surface area contributed by atoms with Crippen LogP contribution in [0.5, 0.6) is 0 Å². The molecule has 0 spiro atoms. The molecule has 0 aliphatic carbocycles. The average Bonchev–Trinajstić information content (AvgIpc) is 3.12. The van der Waals surface area contributed by atoms with Gasteiger partial charge in [-0.3, -0.25) is 0 Å². The lowest BCUT2D eigenvalue weighted by molar-refractivity contribution is 0.314. The monoisotopic (exact) mass is 768 g/mol. The summed E-state index contributed by atoms with van der Waals surface area (Å²) in [6.45, 7) is 17.7. The van der Waals surface area contributed by atoms with Crippen LogP contribution in [0.3, 0.4) is 0 Å². The number of alkyl halides is 3. The molecule has 8 heteroatoms. The topological polar surface area (TPSA) is 57.2 Å². The molecule has 4 aromatic rings. The molecule has 0 N–H and O–H groups in total. The van der Waals surface area contributed by atoms with Crippen LogP contribution in [0.25, 0.3) is 0 Å². The van der Waals surface area contributed by atoms with E-state index in [1.165, 1.54) is 0 Å². The Kier molecular flexibility index (Phi) is 17.2. The van der Waals surface area contributed by atoms with Gasteiger partial charge in [0.2, 0.25) is 0 Å². The van der Waals surface area contributed by atoms with Crippen LogP contribution in [0.2, 0.25) is 0 Å². The van der Waals surface area contributed by atoms with E-state index in [0.717, 1.165) is 39.5 Å². The van der Waals surface area contributed by atoms with Gasteiger partial charge < -0.3 is 4.55 Å². The van der Waals surface area contributed by atoms with E-state index < -0.39 is 39.5 Å². The number of hydrogen-bond donors (Lipinski definition) is 0.